The highest BCUT2D eigenvalue weighted by molar-refractivity contribution is 5.98. The average molecular weight is 412 g/mol. The number of aliphatic hydroxyl groups is 1. The Kier molecular flexibility index (Phi) is 7.45. The first-order valence-electron chi connectivity index (χ1n) is 10.8. The number of nitrogens with zero attached hydrogens (tertiary/aromatic N) is 3. The van der Waals surface area contributed by atoms with Gasteiger partial charge in [0.1, 0.15) is 11.7 Å². The van der Waals surface area contributed by atoms with Crippen LogP contribution in [0, 0.1) is 5.92 Å². The molecular formula is C24H33N3O3. The molecule has 0 unspecified atom stereocenters. The molecule has 2 aromatic rings. The van der Waals surface area contributed by atoms with E-state index in [1.165, 1.54) is 0 Å². The van der Waals surface area contributed by atoms with Gasteiger partial charge in [0, 0.05) is 30.8 Å². The number of hydrogen-bond donors (Lipinski definition) is 1. The Morgan fingerprint density at radius 1 is 1.30 bits per heavy atom. The van der Waals surface area contributed by atoms with Crippen LogP contribution in [0.1, 0.15) is 37.6 Å². The first-order chi connectivity index (χ1) is 14.4. The summed E-state index contributed by atoms with van der Waals surface area (Å²) in [7, 11) is 2.09. The van der Waals surface area contributed by atoms with E-state index in [1.54, 1.807) is 11.1 Å². The predicted molar refractivity (Wildman–Crippen MR) is 119 cm³/mol. The van der Waals surface area contributed by atoms with Gasteiger partial charge in [0.2, 0.25) is 5.88 Å². The molecule has 1 amide bonds. The molecule has 0 bridgehead atoms. The fraction of sp³-hybridized carbons (Fsp3) is 0.500. The number of rotatable bonds is 7. The lowest BCUT2D eigenvalue weighted by Crippen LogP contribution is -2.50. The number of aliphatic hydroxyl groups excluding tert-OH is 1. The lowest BCUT2D eigenvalue weighted by Gasteiger charge is -2.37. The average Bonchev–Trinajstić information content (AvgIpc) is 2.76. The van der Waals surface area contributed by atoms with Crippen molar-refractivity contribution in [2.45, 2.75) is 39.3 Å². The number of hydrogen-bond acceptors (Lipinski definition) is 5. The van der Waals surface area contributed by atoms with Gasteiger partial charge in [-0.2, -0.15) is 0 Å². The molecule has 0 saturated carbocycles. The molecule has 2 heterocycles. The summed E-state index contributed by atoms with van der Waals surface area (Å²) in [4.78, 5) is 22.0. The molecule has 0 saturated heterocycles. The van der Waals surface area contributed by atoms with Crippen molar-refractivity contribution in [2.24, 2.45) is 5.92 Å². The minimum absolute atomic E-state index is 0.0825. The molecule has 3 rings (SSSR count). The van der Waals surface area contributed by atoms with E-state index in [-0.39, 0.29) is 30.6 Å². The Morgan fingerprint density at radius 2 is 2.03 bits per heavy atom. The standard InChI is InChI=1S/C24H33N3O3/c1-5-11-26(4)15-22-17(2)14-27(18(3)16-28)24(29)21-12-20(13-25-23(21)30-22)19-9-7-6-8-10-19/h6-10,12-13,17-18,22,28H,5,11,14-16H2,1-4H3/t17-,18+,22+/m1/s1. The van der Waals surface area contributed by atoms with Gasteiger partial charge in [0.15, 0.2) is 0 Å². The van der Waals surface area contributed by atoms with Crippen LogP contribution in [0.25, 0.3) is 11.1 Å². The zero-order valence-electron chi connectivity index (χ0n) is 18.4. The summed E-state index contributed by atoms with van der Waals surface area (Å²) in [5.41, 5.74) is 2.32. The second-order valence-electron chi connectivity index (χ2n) is 8.33. The summed E-state index contributed by atoms with van der Waals surface area (Å²) in [6.45, 7) is 8.31. The van der Waals surface area contributed by atoms with Gasteiger partial charge >= 0.3 is 0 Å². The van der Waals surface area contributed by atoms with Gasteiger partial charge in [-0.3, -0.25) is 4.79 Å². The minimum Gasteiger partial charge on any atom is -0.472 e. The molecule has 0 aliphatic carbocycles. The largest absolute Gasteiger partial charge is 0.472 e. The highest BCUT2D eigenvalue weighted by Gasteiger charge is 2.34. The summed E-state index contributed by atoms with van der Waals surface area (Å²) in [5, 5.41) is 9.77. The Bertz CT molecular complexity index is 843. The molecule has 1 aromatic heterocycles. The SMILES string of the molecule is CCCN(C)C[C@@H]1Oc2ncc(-c3ccccc3)cc2C(=O)N([C@@H](C)CO)C[C@H]1C. The zero-order chi connectivity index (χ0) is 21.7. The highest BCUT2D eigenvalue weighted by Crippen LogP contribution is 2.30. The van der Waals surface area contributed by atoms with E-state index in [0.29, 0.717) is 18.0 Å². The van der Waals surface area contributed by atoms with Crippen LogP contribution in [-0.4, -0.2) is 71.2 Å². The molecule has 162 valence electrons. The fourth-order valence-corrected chi connectivity index (χ4v) is 3.89. The maximum Gasteiger partial charge on any atom is 0.259 e. The van der Waals surface area contributed by atoms with Crippen molar-refractivity contribution in [2.75, 3.05) is 33.3 Å². The van der Waals surface area contributed by atoms with Crippen LogP contribution in [0.2, 0.25) is 0 Å². The normalized spacial score (nSPS) is 20.3. The van der Waals surface area contributed by atoms with Crippen molar-refractivity contribution in [3.05, 3.63) is 48.2 Å². The van der Waals surface area contributed by atoms with Crippen molar-refractivity contribution in [3.8, 4) is 17.0 Å². The van der Waals surface area contributed by atoms with Gasteiger partial charge in [-0.15, -0.1) is 0 Å². The van der Waals surface area contributed by atoms with Crippen molar-refractivity contribution >= 4 is 5.91 Å². The number of likely N-dealkylation sites (N-methyl/N-ethyl adjacent to an activating group) is 1. The Hall–Kier alpha value is -2.44. The van der Waals surface area contributed by atoms with Gasteiger partial charge in [0.05, 0.1) is 12.6 Å². The van der Waals surface area contributed by atoms with Crippen LogP contribution < -0.4 is 4.74 Å². The van der Waals surface area contributed by atoms with Crippen LogP contribution in [0.15, 0.2) is 42.6 Å². The topological polar surface area (TPSA) is 65.9 Å². The number of aromatic nitrogens is 1. The molecule has 30 heavy (non-hydrogen) atoms. The fourth-order valence-electron chi connectivity index (χ4n) is 3.89. The van der Waals surface area contributed by atoms with Crippen LogP contribution in [0.4, 0.5) is 0 Å². The number of carbonyl (C=O) groups is 1. The first-order valence-corrected chi connectivity index (χ1v) is 10.8. The van der Waals surface area contributed by atoms with E-state index in [0.717, 1.165) is 30.6 Å². The van der Waals surface area contributed by atoms with Crippen molar-refractivity contribution < 1.29 is 14.6 Å². The molecule has 6 nitrogen and oxygen atoms in total. The summed E-state index contributed by atoms with van der Waals surface area (Å²) >= 11 is 0. The lowest BCUT2D eigenvalue weighted by molar-refractivity contribution is 0.0331. The van der Waals surface area contributed by atoms with Crippen LogP contribution in [0.3, 0.4) is 0 Å². The minimum atomic E-state index is -0.277. The molecule has 1 aliphatic heterocycles. The molecule has 0 radical (unpaired) electrons. The maximum absolute atomic E-state index is 13.4. The molecule has 1 N–H and O–H groups in total. The maximum atomic E-state index is 13.4. The molecular weight excluding hydrogens is 378 g/mol. The summed E-state index contributed by atoms with van der Waals surface area (Å²) in [6, 6.07) is 11.5. The number of amides is 1. The molecule has 6 heteroatoms. The third kappa shape index (κ3) is 4.99. The van der Waals surface area contributed by atoms with Gasteiger partial charge < -0.3 is 19.6 Å². The second-order valence-corrected chi connectivity index (χ2v) is 8.33. The number of carbonyl (C=O) groups excluding carboxylic acids is 1. The summed E-state index contributed by atoms with van der Waals surface area (Å²) < 4.78 is 6.33. The van der Waals surface area contributed by atoms with Gasteiger partial charge in [-0.25, -0.2) is 4.98 Å². The second kappa shape index (κ2) is 10.0. The first kappa shape index (κ1) is 22.2. The lowest BCUT2D eigenvalue weighted by atomic mass is 9.99. The van der Waals surface area contributed by atoms with E-state index in [2.05, 4.69) is 30.8 Å². The van der Waals surface area contributed by atoms with Crippen LogP contribution in [-0.2, 0) is 0 Å². The predicted octanol–water partition coefficient (Wildman–Crippen LogP) is 3.31. The van der Waals surface area contributed by atoms with Crippen LogP contribution >= 0.6 is 0 Å². The van der Waals surface area contributed by atoms with E-state index < -0.39 is 0 Å². The van der Waals surface area contributed by atoms with E-state index >= 15 is 0 Å². The number of ether oxygens (including phenoxy) is 1. The molecule has 1 aromatic carbocycles. The smallest absolute Gasteiger partial charge is 0.259 e. The zero-order valence-corrected chi connectivity index (χ0v) is 18.4. The van der Waals surface area contributed by atoms with Gasteiger partial charge in [0.25, 0.3) is 5.91 Å². The number of pyridine rings is 1. The Morgan fingerprint density at radius 3 is 2.70 bits per heavy atom. The number of fused-ring (bicyclic) bond motifs is 1. The van der Waals surface area contributed by atoms with Gasteiger partial charge in [-0.05, 0) is 38.6 Å². The van der Waals surface area contributed by atoms with Crippen molar-refractivity contribution in [3.63, 3.8) is 0 Å². The van der Waals surface area contributed by atoms with E-state index in [4.69, 9.17) is 4.74 Å². The van der Waals surface area contributed by atoms with E-state index in [1.807, 2.05) is 43.3 Å². The van der Waals surface area contributed by atoms with Crippen molar-refractivity contribution in [1.82, 2.24) is 14.8 Å². The number of benzene rings is 1. The quantitative estimate of drug-likeness (QED) is 0.757. The Balaban J connectivity index is 2.01. The molecule has 0 spiro atoms. The summed E-state index contributed by atoms with van der Waals surface area (Å²) in [6.07, 6.45) is 2.73. The monoisotopic (exact) mass is 411 g/mol. The molecule has 0 fully saturated rings. The van der Waals surface area contributed by atoms with E-state index in [9.17, 15) is 9.90 Å². The highest BCUT2D eigenvalue weighted by atomic mass is 16.5. The molecule has 3 atom stereocenters. The summed E-state index contributed by atoms with van der Waals surface area (Å²) in [5.74, 6) is 0.325. The van der Waals surface area contributed by atoms with Crippen molar-refractivity contribution in [1.29, 1.82) is 0 Å². The third-order valence-electron chi connectivity index (χ3n) is 5.73. The Labute approximate surface area is 179 Å². The van der Waals surface area contributed by atoms with Gasteiger partial charge in [-0.1, -0.05) is 44.2 Å². The molecule has 1 aliphatic rings. The third-order valence-corrected chi connectivity index (χ3v) is 5.73. The van der Waals surface area contributed by atoms with Crippen LogP contribution in [0.5, 0.6) is 5.88 Å².